The van der Waals surface area contributed by atoms with Crippen LogP contribution in [-0.2, 0) is 0 Å². The van der Waals surface area contributed by atoms with E-state index >= 15 is 0 Å². The van der Waals surface area contributed by atoms with Crippen molar-refractivity contribution in [1.82, 2.24) is 15.6 Å². The molecule has 0 radical (unpaired) electrons. The first-order valence-corrected chi connectivity index (χ1v) is 7.33. The fourth-order valence-corrected chi connectivity index (χ4v) is 2.42. The normalized spacial score (nSPS) is 11.0. The molecule has 5 nitrogen and oxygen atoms in total. The highest BCUT2D eigenvalue weighted by molar-refractivity contribution is 7.12. The van der Waals surface area contributed by atoms with Gasteiger partial charge in [0.2, 0.25) is 0 Å². The van der Waals surface area contributed by atoms with E-state index in [0.29, 0.717) is 16.1 Å². The predicted molar refractivity (Wildman–Crippen MR) is 83.3 cm³/mol. The Kier molecular flexibility index (Phi) is 4.24. The summed E-state index contributed by atoms with van der Waals surface area (Å²) in [6.07, 6.45) is 1.35. The third-order valence-electron chi connectivity index (χ3n) is 2.91. The topological polar surface area (TPSA) is 70.1 Å². The summed E-state index contributed by atoms with van der Waals surface area (Å²) in [6, 6.07) is 10.2. The molecule has 8 heteroatoms. The van der Waals surface area contributed by atoms with Gasteiger partial charge in [-0.2, -0.15) is 14.6 Å². The summed E-state index contributed by atoms with van der Waals surface area (Å²) in [4.78, 5) is 12.5. The molecular formula is C15H10F2N4OS. The van der Waals surface area contributed by atoms with E-state index in [-0.39, 0.29) is 16.6 Å². The summed E-state index contributed by atoms with van der Waals surface area (Å²) in [5.74, 6) is -0.833. The van der Waals surface area contributed by atoms with Crippen molar-refractivity contribution in [2.45, 2.75) is 0 Å². The number of thiophene rings is 1. The van der Waals surface area contributed by atoms with Gasteiger partial charge < -0.3 is 0 Å². The van der Waals surface area contributed by atoms with Crippen molar-refractivity contribution in [1.29, 1.82) is 0 Å². The van der Waals surface area contributed by atoms with Crippen molar-refractivity contribution in [3.8, 4) is 11.3 Å². The third-order valence-corrected chi connectivity index (χ3v) is 3.72. The molecule has 0 spiro atoms. The van der Waals surface area contributed by atoms with Gasteiger partial charge in [0, 0.05) is 5.56 Å². The number of hydrogen-bond donors (Lipinski definition) is 2. The highest BCUT2D eigenvalue weighted by Gasteiger charge is 2.10. The molecular weight excluding hydrogens is 322 g/mol. The molecule has 3 rings (SSSR count). The van der Waals surface area contributed by atoms with E-state index in [1.165, 1.54) is 30.5 Å². The van der Waals surface area contributed by atoms with Gasteiger partial charge in [0.05, 0.1) is 16.8 Å². The number of nitrogens with one attached hydrogen (secondary N) is 2. The lowest BCUT2D eigenvalue weighted by Gasteiger charge is -1.95. The highest BCUT2D eigenvalue weighted by atomic mass is 32.1. The Morgan fingerprint density at radius 3 is 2.70 bits per heavy atom. The fourth-order valence-electron chi connectivity index (χ4n) is 1.82. The molecule has 0 unspecified atom stereocenters. The molecule has 23 heavy (non-hydrogen) atoms. The second-order valence-electron chi connectivity index (χ2n) is 4.51. The van der Waals surface area contributed by atoms with Crippen LogP contribution in [0.1, 0.15) is 15.4 Å². The summed E-state index contributed by atoms with van der Waals surface area (Å²) < 4.78 is 25.7. The van der Waals surface area contributed by atoms with Crippen LogP contribution in [-0.4, -0.2) is 22.3 Å². The van der Waals surface area contributed by atoms with Gasteiger partial charge >= 0.3 is 0 Å². The molecule has 2 N–H and O–H groups in total. The molecule has 0 aliphatic carbocycles. The van der Waals surface area contributed by atoms with Crippen LogP contribution >= 0.6 is 11.3 Å². The molecule has 0 fully saturated rings. The number of hydrogen-bond acceptors (Lipinski definition) is 4. The minimum Gasteiger partial charge on any atom is -0.272 e. The highest BCUT2D eigenvalue weighted by Crippen LogP contribution is 2.18. The first-order chi connectivity index (χ1) is 11.1. The lowest BCUT2D eigenvalue weighted by Crippen LogP contribution is -2.17. The lowest BCUT2D eigenvalue weighted by molar-refractivity contribution is 0.0950. The van der Waals surface area contributed by atoms with Gasteiger partial charge in [-0.05, 0) is 42.5 Å². The molecule has 3 aromatic rings. The third kappa shape index (κ3) is 3.67. The summed E-state index contributed by atoms with van der Waals surface area (Å²) >= 11 is 0.920. The second-order valence-corrected chi connectivity index (χ2v) is 5.58. The number of hydrazone groups is 1. The molecule has 1 amide bonds. The molecule has 2 aromatic heterocycles. The number of aromatic amines is 1. The molecule has 0 bridgehead atoms. The molecule has 0 atom stereocenters. The van der Waals surface area contributed by atoms with Crippen molar-refractivity contribution in [3.63, 3.8) is 0 Å². The molecule has 2 heterocycles. The van der Waals surface area contributed by atoms with E-state index in [0.717, 1.165) is 11.3 Å². The Balaban J connectivity index is 1.66. The van der Waals surface area contributed by atoms with Crippen LogP contribution < -0.4 is 5.43 Å². The van der Waals surface area contributed by atoms with Gasteiger partial charge in [-0.15, -0.1) is 11.3 Å². The van der Waals surface area contributed by atoms with E-state index in [1.54, 1.807) is 18.2 Å². The number of carbonyl (C=O) groups excluding carboxylic acids is 1. The number of carbonyl (C=O) groups is 1. The molecule has 0 aliphatic heterocycles. The van der Waals surface area contributed by atoms with Crippen LogP contribution in [0.15, 0.2) is 47.6 Å². The monoisotopic (exact) mass is 332 g/mol. The number of aromatic nitrogens is 2. The maximum Gasteiger partial charge on any atom is 0.289 e. The van der Waals surface area contributed by atoms with Crippen molar-refractivity contribution in [2.75, 3.05) is 0 Å². The van der Waals surface area contributed by atoms with Gasteiger partial charge in [-0.1, -0.05) is 0 Å². The van der Waals surface area contributed by atoms with Crippen LogP contribution in [0.5, 0.6) is 0 Å². The lowest BCUT2D eigenvalue weighted by atomic mass is 10.1. The van der Waals surface area contributed by atoms with Crippen molar-refractivity contribution in [3.05, 3.63) is 64.0 Å². The fraction of sp³-hybridized carbons (Fsp3) is 0. The zero-order valence-corrected chi connectivity index (χ0v) is 12.4. The molecule has 0 aliphatic rings. The van der Waals surface area contributed by atoms with Crippen LogP contribution in [0.3, 0.4) is 0 Å². The van der Waals surface area contributed by atoms with E-state index in [2.05, 4.69) is 20.7 Å². The minimum absolute atomic E-state index is 0.207. The zero-order valence-electron chi connectivity index (χ0n) is 11.6. The molecule has 1 aromatic carbocycles. The summed E-state index contributed by atoms with van der Waals surface area (Å²) in [6.45, 7) is 0. The first kappa shape index (κ1) is 15.0. The Labute approximate surface area is 133 Å². The van der Waals surface area contributed by atoms with E-state index in [4.69, 9.17) is 0 Å². The maximum atomic E-state index is 12.9. The van der Waals surface area contributed by atoms with Crippen molar-refractivity contribution in [2.24, 2.45) is 5.10 Å². The Morgan fingerprint density at radius 2 is 2.00 bits per heavy atom. The standard InChI is InChI=1S/C15H10F2N4OS/c16-10-3-1-9(2-4-10)12-7-13(20-19-12)15(22)21-18-8-11-5-6-14(17)23-11/h1-8H,(H,19,20)(H,21,22)/b18-8+. The second kappa shape index (κ2) is 6.49. The van der Waals surface area contributed by atoms with Crippen LogP contribution in [0, 0.1) is 10.9 Å². The predicted octanol–water partition coefficient (Wildman–Crippen LogP) is 3.18. The molecule has 0 saturated heterocycles. The van der Waals surface area contributed by atoms with Gasteiger partial charge in [-0.25, -0.2) is 9.82 Å². The summed E-state index contributed by atoms with van der Waals surface area (Å²) in [5.41, 5.74) is 3.71. The molecule has 0 saturated carbocycles. The van der Waals surface area contributed by atoms with Gasteiger partial charge in [0.25, 0.3) is 5.91 Å². The number of amides is 1. The number of rotatable bonds is 4. The number of benzene rings is 1. The quantitative estimate of drug-likeness (QED) is 0.569. The van der Waals surface area contributed by atoms with Crippen molar-refractivity contribution < 1.29 is 13.6 Å². The van der Waals surface area contributed by atoms with Crippen molar-refractivity contribution >= 4 is 23.5 Å². The van der Waals surface area contributed by atoms with Gasteiger partial charge in [0.15, 0.2) is 5.13 Å². The summed E-state index contributed by atoms with van der Waals surface area (Å²) in [7, 11) is 0. The maximum absolute atomic E-state index is 12.9. The van der Waals surface area contributed by atoms with E-state index in [9.17, 15) is 13.6 Å². The average molecular weight is 332 g/mol. The first-order valence-electron chi connectivity index (χ1n) is 6.52. The van der Waals surface area contributed by atoms with Crippen LogP contribution in [0.4, 0.5) is 8.78 Å². The number of nitrogens with zero attached hydrogens (tertiary/aromatic N) is 2. The smallest absolute Gasteiger partial charge is 0.272 e. The van der Waals surface area contributed by atoms with Gasteiger partial charge in [-0.3, -0.25) is 9.89 Å². The largest absolute Gasteiger partial charge is 0.289 e. The van der Waals surface area contributed by atoms with Crippen LogP contribution in [0.25, 0.3) is 11.3 Å². The Hall–Kier alpha value is -2.87. The summed E-state index contributed by atoms with van der Waals surface area (Å²) in [5, 5.41) is 10.0. The Morgan fingerprint density at radius 1 is 1.22 bits per heavy atom. The Bertz CT molecular complexity index is 855. The average Bonchev–Trinajstić information content (AvgIpc) is 3.17. The van der Waals surface area contributed by atoms with E-state index in [1.807, 2.05) is 0 Å². The number of halogens is 2. The minimum atomic E-state index is -0.487. The molecule has 116 valence electrons. The van der Waals surface area contributed by atoms with Gasteiger partial charge in [0.1, 0.15) is 11.5 Å². The SMILES string of the molecule is O=C(N/N=C/c1ccc(F)s1)c1cc(-c2ccc(F)cc2)n[nH]1. The van der Waals surface area contributed by atoms with E-state index < -0.39 is 5.91 Å². The zero-order chi connectivity index (χ0) is 16.2. The number of H-pyrrole nitrogens is 1. The van der Waals surface area contributed by atoms with Crippen LogP contribution in [0.2, 0.25) is 0 Å².